The highest BCUT2D eigenvalue weighted by Crippen LogP contribution is 2.28. The Balaban J connectivity index is 2.30. The van der Waals surface area contributed by atoms with E-state index in [1.807, 2.05) is 13.0 Å². The minimum atomic E-state index is -0.453. The van der Waals surface area contributed by atoms with Gasteiger partial charge in [0, 0.05) is 32.2 Å². The Morgan fingerprint density at radius 1 is 1.50 bits per heavy atom. The number of nitriles is 1. The van der Waals surface area contributed by atoms with E-state index in [0.717, 1.165) is 43.7 Å². The highest BCUT2D eigenvalue weighted by Gasteiger charge is 2.22. The number of piperazine rings is 1. The second kappa shape index (κ2) is 6.65. The number of nitrogens with one attached hydrogen (secondary N) is 1. The minimum Gasteiger partial charge on any atom is -0.314 e. The molecule has 1 aliphatic rings. The number of benzene rings is 1. The first-order chi connectivity index (χ1) is 9.61. The lowest BCUT2D eigenvalue weighted by Crippen LogP contribution is -2.45. The van der Waals surface area contributed by atoms with Crippen LogP contribution in [-0.4, -0.2) is 31.1 Å². The van der Waals surface area contributed by atoms with E-state index in [-0.39, 0.29) is 11.6 Å². The predicted molar refractivity (Wildman–Crippen MR) is 77.7 cm³/mol. The van der Waals surface area contributed by atoms with Gasteiger partial charge in [-0.3, -0.25) is 4.90 Å². The van der Waals surface area contributed by atoms with Crippen LogP contribution < -0.4 is 5.32 Å². The maximum atomic E-state index is 13.5. The smallest absolute Gasteiger partial charge is 0.140 e. The van der Waals surface area contributed by atoms with Crippen molar-refractivity contribution in [2.75, 3.05) is 26.2 Å². The van der Waals surface area contributed by atoms with Gasteiger partial charge < -0.3 is 5.32 Å². The van der Waals surface area contributed by atoms with Gasteiger partial charge in [0.2, 0.25) is 0 Å². The molecule has 0 aromatic heterocycles. The first-order valence-electron chi connectivity index (χ1n) is 6.90. The van der Waals surface area contributed by atoms with Crippen molar-refractivity contribution >= 4 is 0 Å². The first-order valence-corrected chi connectivity index (χ1v) is 6.90. The Kier molecular flexibility index (Phi) is 4.89. The summed E-state index contributed by atoms with van der Waals surface area (Å²) in [6, 6.07) is 6.93. The summed E-state index contributed by atoms with van der Waals surface area (Å²) >= 11 is 0. The quantitative estimate of drug-likeness (QED) is 0.857. The van der Waals surface area contributed by atoms with E-state index in [2.05, 4.69) is 16.8 Å². The van der Waals surface area contributed by atoms with Crippen LogP contribution in [0.1, 0.15) is 30.5 Å². The van der Waals surface area contributed by atoms with Crippen LogP contribution in [0, 0.1) is 17.1 Å². The average Bonchev–Trinajstić information content (AvgIpc) is 2.46. The molecule has 0 aliphatic carbocycles. The highest BCUT2D eigenvalue weighted by molar-refractivity contribution is 5.36. The van der Waals surface area contributed by atoms with Gasteiger partial charge in [-0.05, 0) is 31.0 Å². The number of halogens is 1. The molecule has 1 heterocycles. The Labute approximate surface area is 119 Å². The molecular formula is C16H20FN3. The van der Waals surface area contributed by atoms with E-state index in [1.54, 1.807) is 12.1 Å². The number of hydrogen-bond acceptors (Lipinski definition) is 3. The number of rotatable bonds is 4. The Morgan fingerprint density at radius 2 is 2.20 bits per heavy atom. The lowest BCUT2D eigenvalue weighted by Gasteiger charge is -2.35. The SMILES string of the molecule is C=C(C)C[C@H](c1ccc(F)c(C#N)c1)N1CCNCC1. The van der Waals surface area contributed by atoms with Crippen molar-refractivity contribution in [1.29, 1.82) is 5.26 Å². The largest absolute Gasteiger partial charge is 0.314 e. The lowest BCUT2D eigenvalue weighted by molar-refractivity contribution is 0.172. The predicted octanol–water partition coefficient (Wildman–Crippen LogP) is 2.61. The molecule has 0 spiro atoms. The molecule has 1 aromatic carbocycles. The fourth-order valence-corrected chi connectivity index (χ4v) is 2.62. The number of hydrogen-bond donors (Lipinski definition) is 1. The van der Waals surface area contributed by atoms with Crippen LogP contribution in [0.25, 0.3) is 0 Å². The molecule has 0 unspecified atom stereocenters. The van der Waals surface area contributed by atoms with Gasteiger partial charge in [-0.1, -0.05) is 11.6 Å². The van der Waals surface area contributed by atoms with Crippen LogP contribution in [-0.2, 0) is 0 Å². The summed E-state index contributed by atoms with van der Waals surface area (Å²) in [5.41, 5.74) is 2.20. The van der Waals surface area contributed by atoms with Crippen LogP contribution in [0.3, 0.4) is 0 Å². The molecule has 1 fully saturated rings. The molecule has 20 heavy (non-hydrogen) atoms. The third kappa shape index (κ3) is 3.44. The molecule has 0 saturated carbocycles. The zero-order valence-electron chi connectivity index (χ0n) is 11.8. The van der Waals surface area contributed by atoms with Crippen molar-refractivity contribution in [1.82, 2.24) is 10.2 Å². The zero-order chi connectivity index (χ0) is 14.5. The van der Waals surface area contributed by atoms with Crippen LogP contribution in [0.2, 0.25) is 0 Å². The van der Waals surface area contributed by atoms with E-state index in [9.17, 15) is 4.39 Å². The molecule has 1 saturated heterocycles. The average molecular weight is 273 g/mol. The molecule has 106 valence electrons. The van der Waals surface area contributed by atoms with Gasteiger partial charge in [-0.25, -0.2) is 4.39 Å². The Bertz CT molecular complexity index is 527. The second-order valence-corrected chi connectivity index (χ2v) is 5.31. The molecule has 1 N–H and O–H groups in total. The summed E-state index contributed by atoms with van der Waals surface area (Å²) in [4.78, 5) is 2.37. The second-order valence-electron chi connectivity index (χ2n) is 5.31. The molecular weight excluding hydrogens is 253 g/mol. The van der Waals surface area contributed by atoms with E-state index >= 15 is 0 Å². The third-order valence-electron chi connectivity index (χ3n) is 3.63. The first kappa shape index (κ1) is 14.7. The van der Waals surface area contributed by atoms with Crippen LogP contribution >= 0.6 is 0 Å². The molecule has 1 aromatic rings. The summed E-state index contributed by atoms with van der Waals surface area (Å²) in [6.07, 6.45) is 0.830. The third-order valence-corrected chi connectivity index (χ3v) is 3.63. The van der Waals surface area contributed by atoms with E-state index in [4.69, 9.17) is 5.26 Å². The highest BCUT2D eigenvalue weighted by atomic mass is 19.1. The van der Waals surface area contributed by atoms with Gasteiger partial charge in [0.1, 0.15) is 11.9 Å². The van der Waals surface area contributed by atoms with Crippen molar-refractivity contribution in [2.24, 2.45) is 0 Å². The van der Waals surface area contributed by atoms with Gasteiger partial charge in [-0.2, -0.15) is 5.26 Å². The lowest BCUT2D eigenvalue weighted by atomic mass is 9.96. The zero-order valence-corrected chi connectivity index (χ0v) is 11.8. The van der Waals surface area contributed by atoms with Crippen molar-refractivity contribution in [3.8, 4) is 6.07 Å². The maximum absolute atomic E-state index is 13.5. The van der Waals surface area contributed by atoms with E-state index in [1.165, 1.54) is 6.07 Å². The molecule has 4 heteroatoms. The molecule has 3 nitrogen and oxygen atoms in total. The van der Waals surface area contributed by atoms with Gasteiger partial charge in [0.15, 0.2) is 0 Å². The summed E-state index contributed by atoms with van der Waals surface area (Å²) in [6.45, 7) is 9.82. The minimum absolute atomic E-state index is 0.115. The summed E-state index contributed by atoms with van der Waals surface area (Å²) in [5.74, 6) is -0.453. The van der Waals surface area contributed by atoms with Crippen LogP contribution in [0.5, 0.6) is 0 Å². The fourth-order valence-electron chi connectivity index (χ4n) is 2.62. The summed E-state index contributed by atoms with van der Waals surface area (Å²) in [5, 5.41) is 12.3. The maximum Gasteiger partial charge on any atom is 0.140 e. The van der Waals surface area contributed by atoms with Crippen molar-refractivity contribution in [2.45, 2.75) is 19.4 Å². The fraction of sp³-hybridized carbons (Fsp3) is 0.438. The molecule has 2 rings (SSSR count). The van der Waals surface area contributed by atoms with E-state index < -0.39 is 5.82 Å². The molecule has 0 radical (unpaired) electrons. The Hall–Kier alpha value is -1.70. The van der Waals surface area contributed by atoms with Crippen molar-refractivity contribution < 1.29 is 4.39 Å². The monoisotopic (exact) mass is 273 g/mol. The topological polar surface area (TPSA) is 39.1 Å². The Morgan fingerprint density at radius 3 is 2.80 bits per heavy atom. The summed E-state index contributed by atoms with van der Waals surface area (Å²) in [7, 11) is 0. The van der Waals surface area contributed by atoms with Crippen molar-refractivity contribution in [3.05, 3.63) is 47.3 Å². The molecule has 1 aliphatic heterocycles. The molecule has 1 atom stereocenters. The van der Waals surface area contributed by atoms with Gasteiger partial charge in [0.05, 0.1) is 5.56 Å². The van der Waals surface area contributed by atoms with E-state index in [0.29, 0.717) is 0 Å². The molecule has 0 bridgehead atoms. The van der Waals surface area contributed by atoms with Crippen molar-refractivity contribution in [3.63, 3.8) is 0 Å². The molecule has 0 amide bonds. The summed E-state index contributed by atoms with van der Waals surface area (Å²) < 4.78 is 13.5. The van der Waals surface area contributed by atoms with Gasteiger partial charge in [-0.15, -0.1) is 6.58 Å². The van der Waals surface area contributed by atoms with Crippen LogP contribution in [0.15, 0.2) is 30.4 Å². The van der Waals surface area contributed by atoms with Crippen LogP contribution in [0.4, 0.5) is 4.39 Å². The van der Waals surface area contributed by atoms with Gasteiger partial charge in [0.25, 0.3) is 0 Å². The normalized spacial score (nSPS) is 17.4. The van der Waals surface area contributed by atoms with Gasteiger partial charge >= 0.3 is 0 Å². The standard InChI is InChI=1S/C16H20FN3/c1-12(2)9-16(20-7-5-19-6-8-20)13-3-4-15(17)14(10-13)11-18/h3-4,10,16,19H,1,5-9H2,2H3/t16-/m1/s1. The number of nitrogens with zero attached hydrogens (tertiary/aromatic N) is 2.